The molecule has 1 N–H and O–H groups in total. The lowest BCUT2D eigenvalue weighted by Crippen LogP contribution is -2.29. The first kappa shape index (κ1) is 23.0. The van der Waals surface area contributed by atoms with Crippen molar-refractivity contribution >= 4 is 11.0 Å². The highest BCUT2D eigenvalue weighted by atomic mass is 16.3. The molecule has 174 valence electrons. The molecule has 0 saturated carbocycles. The van der Waals surface area contributed by atoms with Gasteiger partial charge in [-0.25, -0.2) is 4.79 Å². The zero-order chi connectivity index (χ0) is 23.7. The van der Waals surface area contributed by atoms with E-state index in [0.29, 0.717) is 26.2 Å². The Bertz CT molecular complexity index is 1330. The van der Waals surface area contributed by atoms with Crippen molar-refractivity contribution in [2.45, 2.75) is 46.5 Å². The first-order valence-corrected chi connectivity index (χ1v) is 11.5. The Morgan fingerprint density at radius 1 is 1.00 bits per heavy atom. The van der Waals surface area contributed by atoms with Crippen LogP contribution in [0, 0.1) is 6.92 Å². The molecule has 0 spiro atoms. The van der Waals surface area contributed by atoms with Gasteiger partial charge in [0.15, 0.2) is 0 Å². The highest BCUT2D eigenvalue weighted by Crippen LogP contribution is 2.33. The SMILES string of the molecule is CCn1c(=O)n(CC)c2cc(-c3cn(CC(O)CN(C)C)nc3-c3cccc(C)c3)ccc21. The molecule has 4 rings (SSSR count). The van der Waals surface area contributed by atoms with Crippen molar-refractivity contribution in [3.8, 4) is 22.4 Å². The van der Waals surface area contributed by atoms with Crippen molar-refractivity contribution in [3.63, 3.8) is 0 Å². The highest BCUT2D eigenvalue weighted by Gasteiger charge is 2.18. The van der Waals surface area contributed by atoms with Crippen molar-refractivity contribution in [2.24, 2.45) is 0 Å². The predicted molar refractivity (Wildman–Crippen MR) is 134 cm³/mol. The van der Waals surface area contributed by atoms with Crippen LogP contribution in [0.5, 0.6) is 0 Å². The molecule has 0 aliphatic heterocycles. The standard InChI is InChI=1S/C26H33N5O2/c1-6-30-23-12-11-19(14-24(23)31(7-2)26(30)33)22-17-29(16-21(32)15-28(4)5)27-25(22)20-10-8-9-18(3)13-20/h8-14,17,21,32H,6-7,15-16H2,1-5H3. The number of imidazole rings is 1. The van der Waals surface area contributed by atoms with Crippen molar-refractivity contribution in [3.05, 3.63) is 64.7 Å². The molecule has 0 amide bonds. The van der Waals surface area contributed by atoms with E-state index in [1.165, 1.54) is 0 Å². The first-order valence-electron chi connectivity index (χ1n) is 11.5. The fourth-order valence-corrected chi connectivity index (χ4v) is 4.53. The van der Waals surface area contributed by atoms with E-state index in [0.717, 1.165) is 39.0 Å². The summed E-state index contributed by atoms with van der Waals surface area (Å²) in [5, 5.41) is 15.4. The second kappa shape index (κ2) is 9.37. The normalized spacial score (nSPS) is 12.7. The summed E-state index contributed by atoms with van der Waals surface area (Å²) in [5.74, 6) is 0. The highest BCUT2D eigenvalue weighted by molar-refractivity contribution is 5.87. The van der Waals surface area contributed by atoms with Gasteiger partial charge in [-0.2, -0.15) is 5.10 Å². The summed E-state index contributed by atoms with van der Waals surface area (Å²) in [5.41, 5.74) is 6.95. The topological polar surface area (TPSA) is 68.2 Å². The number of hydrogen-bond donors (Lipinski definition) is 1. The maximum Gasteiger partial charge on any atom is 0.329 e. The van der Waals surface area contributed by atoms with E-state index in [-0.39, 0.29) is 5.69 Å². The van der Waals surface area contributed by atoms with Crippen LogP contribution in [0.25, 0.3) is 33.4 Å². The smallest absolute Gasteiger partial charge is 0.329 e. The Balaban J connectivity index is 1.86. The lowest BCUT2D eigenvalue weighted by atomic mass is 10.0. The van der Waals surface area contributed by atoms with Crippen LogP contribution in [0.15, 0.2) is 53.5 Å². The van der Waals surface area contributed by atoms with Crippen LogP contribution in [0.4, 0.5) is 0 Å². The molecule has 33 heavy (non-hydrogen) atoms. The molecule has 0 aliphatic carbocycles. The van der Waals surface area contributed by atoms with Crippen LogP contribution in [0.2, 0.25) is 0 Å². The zero-order valence-electron chi connectivity index (χ0n) is 20.1. The summed E-state index contributed by atoms with van der Waals surface area (Å²) in [6.45, 7) is 8.29. The van der Waals surface area contributed by atoms with Crippen molar-refractivity contribution in [1.82, 2.24) is 23.8 Å². The maximum atomic E-state index is 12.8. The third-order valence-corrected chi connectivity index (χ3v) is 5.99. The van der Waals surface area contributed by atoms with Gasteiger partial charge in [0.2, 0.25) is 0 Å². The molecule has 0 aliphatic rings. The largest absolute Gasteiger partial charge is 0.390 e. The van der Waals surface area contributed by atoms with Gasteiger partial charge >= 0.3 is 5.69 Å². The van der Waals surface area contributed by atoms with Crippen molar-refractivity contribution in [1.29, 1.82) is 0 Å². The van der Waals surface area contributed by atoms with Gasteiger partial charge in [-0.15, -0.1) is 0 Å². The number of rotatable bonds is 8. The van der Waals surface area contributed by atoms with Crippen LogP contribution in [0.1, 0.15) is 19.4 Å². The lowest BCUT2D eigenvalue weighted by molar-refractivity contribution is 0.116. The predicted octanol–water partition coefficient (Wildman–Crippen LogP) is 3.60. The molecule has 0 radical (unpaired) electrons. The average Bonchev–Trinajstić information content (AvgIpc) is 3.30. The summed E-state index contributed by atoms with van der Waals surface area (Å²) in [4.78, 5) is 14.8. The summed E-state index contributed by atoms with van der Waals surface area (Å²) >= 11 is 0. The molecule has 0 fully saturated rings. The second-order valence-electron chi connectivity index (χ2n) is 8.87. The third-order valence-electron chi connectivity index (χ3n) is 5.99. The Labute approximate surface area is 194 Å². The van der Waals surface area contributed by atoms with Gasteiger partial charge in [0.1, 0.15) is 5.69 Å². The molecule has 0 bridgehead atoms. The molecule has 4 aromatic rings. The fraction of sp³-hybridized carbons (Fsp3) is 0.385. The Morgan fingerprint density at radius 3 is 2.39 bits per heavy atom. The van der Waals surface area contributed by atoms with Crippen LogP contribution in [-0.2, 0) is 19.6 Å². The number of hydrogen-bond acceptors (Lipinski definition) is 4. The van der Waals surface area contributed by atoms with Gasteiger partial charge in [0.05, 0.1) is 23.7 Å². The van der Waals surface area contributed by atoms with Gasteiger partial charge in [-0.3, -0.25) is 13.8 Å². The number of likely N-dealkylation sites (N-methyl/N-ethyl adjacent to an activating group) is 1. The van der Waals surface area contributed by atoms with E-state index >= 15 is 0 Å². The summed E-state index contributed by atoms with van der Waals surface area (Å²) in [6, 6.07) is 14.5. The molecule has 1 unspecified atom stereocenters. The maximum absolute atomic E-state index is 12.8. The Morgan fingerprint density at radius 2 is 1.73 bits per heavy atom. The summed E-state index contributed by atoms with van der Waals surface area (Å²) in [7, 11) is 3.89. The molecule has 2 heterocycles. The molecule has 1 atom stereocenters. The van der Waals surface area contributed by atoms with E-state index in [1.807, 2.05) is 65.0 Å². The third kappa shape index (κ3) is 4.51. The van der Waals surface area contributed by atoms with Crippen LogP contribution in [0.3, 0.4) is 0 Å². The summed E-state index contributed by atoms with van der Waals surface area (Å²) < 4.78 is 5.46. The molecule has 2 aromatic carbocycles. The van der Waals surface area contributed by atoms with Crippen LogP contribution < -0.4 is 5.69 Å². The Hall–Kier alpha value is -3.16. The molecule has 2 aromatic heterocycles. The number of nitrogens with zero attached hydrogens (tertiary/aromatic N) is 5. The number of aliphatic hydroxyl groups excluding tert-OH is 1. The molecular weight excluding hydrogens is 414 g/mol. The fourth-order valence-electron chi connectivity index (χ4n) is 4.53. The quantitative estimate of drug-likeness (QED) is 0.448. The lowest BCUT2D eigenvalue weighted by Gasteiger charge is -2.15. The van der Waals surface area contributed by atoms with Crippen LogP contribution in [-0.4, -0.2) is 55.7 Å². The molecule has 0 saturated heterocycles. The molecule has 7 heteroatoms. The summed E-state index contributed by atoms with van der Waals surface area (Å²) in [6.07, 6.45) is 1.48. The van der Waals surface area contributed by atoms with Gasteiger partial charge in [-0.1, -0.05) is 29.8 Å². The van der Waals surface area contributed by atoms with E-state index < -0.39 is 6.10 Å². The van der Waals surface area contributed by atoms with E-state index in [9.17, 15) is 9.90 Å². The van der Waals surface area contributed by atoms with Gasteiger partial charge in [0.25, 0.3) is 0 Å². The van der Waals surface area contributed by atoms with E-state index in [1.54, 1.807) is 0 Å². The van der Waals surface area contributed by atoms with Gasteiger partial charge < -0.3 is 10.0 Å². The molecule has 7 nitrogen and oxygen atoms in total. The second-order valence-corrected chi connectivity index (χ2v) is 8.87. The van der Waals surface area contributed by atoms with Crippen LogP contribution >= 0.6 is 0 Å². The number of benzene rings is 2. The number of aromatic nitrogens is 4. The molecular formula is C26H33N5O2. The van der Waals surface area contributed by atoms with Crippen molar-refractivity contribution in [2.75, 3.05) is 20.6 Å². The Kier molecular flexibility index (Phi) is 6.54. The van der Waals surface area contributed by atoms with Gasteiger partial charge in [-0.05, 0) is 58.6 Å². The minimum Gasteiger partial charge on any atom is -0.390 e. The number of aliphatic hydroxyl groups is 1. The monoisotopic (exact) mass is 447 g/mol. The van der Waals surface area contributed by atoms with E-state index in [2.05, 4.69) is 37.3 Å². The first-order chi connectivity index (χ1) is 15.8. The minimum atomic E-state index is -0.524. The average molecular weight is 448 g/mol. The zero-order valence-corrected chi connectivity index (χ0v) is 20.1. The number of fused-ring (bicyclic) bond motifs is 1. The van der Waals surface area contributed by atoms with E-state index in [4.69, 9.17) is 5.10 Å². The van der Waals surface area contributed by atoms with Crippen molar-refractivity contribution < 1.29 is 5.11 Å². The van der Waals surface area contributed by atoms with Gasteiger partial charge in [0, 0.05) is 37.0 Å². The minimum absolute atomic E-state index is 0.0218. The number of aryl methyl sites for hydroxylation is 3.